The van der Waals surface area contributed by atoms with Crippen LogP contribution in [0.2, 0.25) is 0 Å². The van der Waals surface area contributed by atoms with E-state index in [0.717, 1.165) is 6.54 Å². The van der Waals surface area contributed by atoms with E-state index in [9.17, 15) is 0 Å². The third-order valence-electron chi connectivity index (χ3n) is 4.26. The highest BCUT2D eigenvalue weighted by Gasteiger charge is 2.20. The van der Waals surface area contributed by atoms with Crippen LogP contribution in [0.5, 0.6) is 0 Å². The minimum Gasteiger partial charge on any atom is -0.310 e. The average Bonchev–Trinajstić information content (AvgIpc) is 2.91. The Balaban J connectivity index is 1.39. The predicted octanol–water partition coefficient (Wildman–Crippen LogP) is 4.29. The van der Waals surface area contributed by atoms with Gasteiger partial charge in [-0.2, -0.15) is 0 Å². The molecule has 0 amide bonds. The molecule has 0 bridgehead atoms. The molecular weight excluding hydrogens is 242 g/mol. The third-order valence-corrected chi connectivity index (χ3v) is 4.26. The van der Waals surface area contributed by atoms with E-state index >= 15 is 0 Å². The zero-order valence-electron chi connectivity index (χ0n) is 12.0. The number of aryl methyl sites for hydroxylation is 2. The first-order valence-corrected chi connectivity index (χ1v) is 7.78. The Kier molecular flexibility index (Phi) is 4.49. The number of hydrogen-bond donors (Lipinski definition) is 1. The van der Waals surface area contributed by atoms with E-state index in [-0.39, 0.29) is 0 Å². The summed E-state index contributed by atoms with van der Waals surface area (Å²) >= 11 is 0. The summed E-state index contributed by atoms with van der Waals surface area (Å²) < 4.78 is 0. The number of nitrogens with one attached hydrogen (secondary N) is 1. The molecule has 1 N–H and O–H groups in total. The molecule has 3 rings (SSSR count). The van der Waals surface area contributed by atoms with E-state index in [1.165, 1.54) is 48.8 Å². The lowest BCUT2D eigenvalue weighted by atomic mass is 10.1. The molecule has 0 spiro atoms. The molecule has 0 aliphatic heterocycles. The summed E-state index contributed by atoms with van der Waals surface area (Å²) in [5.41, 5.74) is 4.52. The Bertz CT molecular complexity index is 532. The van der Waals surface area contributed by atoms with Crippen molar-refractivity contribution in [2.75, 3.05) is 6.54 Å². The van der Waals surface area contributed by atoms with Crippen molar-refractivity contribution >= 4 is 0 Å². The Morgan fingerprint density at radius 3 is 2.60 bits per heavy atom. The molecule has 2 aromatic carbocycles. The van der Waals surface area contributed by atoms with Crippen LogP contribution < -0.4 is 5.32 Å². The van der Waals surface area contributed by atoms with Crippen molar-refractivity contribution in [2.24, 2.45) is 0 Å². The second-order valence-electron chi connectivity index (χ2n) is 5.69. The van der Waals surface area contributed by atoms with Crippen LogP contribution in [0.3, 0.4) is 0 Å². The van der Waals surface area contributed by atoms with Gasteiger partial charge in [-0.1, -0.05) is 54.6 Å². The third kappa shape index (κ3) is 3.29. The lowest BCUT2D eigenvalue weighted by Gasteiger charge is -2.13. The van der Waals surface area contributed by atoms with E-state index in [4.69, 9.17) is 0 Å². The molecule has 0 radical (unpaired) electrons. The number of rotatable bonds is 6. The van der Waals surface area contributed by atoms with E-state index in [1.54, 1.807) is 0 Å². The molecular formula is C19H23N. The first-order valence-electron chi connectivity index (χ1n) is 7.78. The highest BCUT2D eigenvalue weighted by Crippen LogP contribution is 2.30. The molecule has 1 heteroatoms. The van der Waals surface area contributed by atoms with Gasteiger partial charge in [-0.05, 0) is 55.3 Å². The fourth-order valence-electron chi connectivity index (χ4n) is 3.14. The lowest BCUT2D eigenvalue weighted by Crippen LogP contribution is -2.20. The number of benzene rings is 2. The topological polar surface area (TPSA) is 12.0 Å². The largest absolute Gasteiger partial charge is 0.310 e. The first kappa shape index (κ1) is 13.4. The van der Waals surface area contributed by atoms with E-state index in [2.05, 4.69) is 59.9 Å². The van der Waals surface area contributed by atoms with Gasteiger partial charge in [-0.15, -0.1) is 0 Å². The highest BCUT2D eigenvalue weighted by atomic mass is 14.9. The van der Waals surface area contributed by atoms with Gasteiger partial charge >= 0.3 is 0 Å². The highest BCUT2D eigenvalue weighted by molar-refractivity contribution is 5.34. The van der Waals surface area contributed by atoms with Crippen LogP contribution in [-0.4, -0.2) is 6.54 Å². The maximum absolute atomic E-state index is 3.72. The lowest BCUT2D eigenvalue weighted by molar-refractivity contribution is 0.512. The van der Waals surface area contributed by atoms with Gasteiger partial charge in [0.25, 0.3) is 0 Å². The molecule has 1 atom stereocenters. The summed E-state index contributed by atoms with van der Waals surface area (Å²) in [5.74, 6) is 0. The summed E-state index contributed by atoms with van der Waals surface area (Å²) in [6.07, 6.45) is 6.22. The summed E-state index contributed by atoms with van der Waals surface area (Å²) in [4.78, 5) is 0. The maximum atomic E-state index is 3.72. The van der Waals surface area contributed by atoms with Crippen molar-refractivity contribution in [3.05, 3.63) is 71.3 Å². The van der Waals surface area contributed by atoms with Crippen LogP contribution in [0.1, 0.15) is 42.0 Å². The Morgan fingerprint density at radius 1 is 0.900 bits per heavy atom. The number of fused-ring (bicyclic) bond motifs is 1. The van der Waals surface area contributed by atoms with Gasteiger partial charge in [0.15, 0.2) is 0 Å². The van der Waals surface area contributed by atoms with Crippen molar-refractivity contribution < 1.29 is 0 Å². The maximum Gasteiger partial charge on any atom is 0.0326 e. The monoisotopic (exact) mass is 265 g/mol. The molecule has 1 aliphatic rings. The average molecular weight is 265 g/mol. The van der Waals surface area contributed by atoms with Gasteiger partial charge in [0.1, 0.15) is 0 Å². The second-order valence-corrected chi connectivity index (χ2v) is 5.69. The quantitative estimate of drug-likeness (QED) is 0.768. The van der Waals surface area contributed by atoms with Gasteiger partial charge in [-0.3, -0.25) is 0 Å². The molecule has 1 unspecified atom stereocenters. The summed E-state index contributed by atoms with van der Waals surface area (Å²) in [5, 5.41) is 3.72. The van der Waals surface area contributed by atoms with Crippen LogP contribution in [-0.2, 0) is 12.8 Å². The van der Waals surface area contributed by atoms with E-state index in [0.29, 0.717) is 6.04 Å². The zero-order chi connectivity index (χ0) is 13.6. The molecule has 0 heterocycles. The van der Waals surface area contributed by atoms with Crippen molar-refractivity contribution in [1.29, 1.82) is 0 Å². The molecule has 0 fully saturated rings. The van der Waals surface area contributed by atoms with E-state index in [1.807, 2.05) is 0 Å². The van der Waals surface area contributed by atoms with Crippen LogP contribution in [0.15, 0.2) is 54.6 Å². The molecule has 0 saturated carbocycles. The van der Waals surface area contributed by atoms with Crippen LogP contribution in [0, 0.1) is 0 Å². The van der Waals surface area contributed by atoms with E-state index < -0.39 is 0 Å². The summed E-state index contributed by atoms with van der Waals surface area (Å²) in [6, 6.07) is 20.2. The molecule has 1 nitrogen and oxygen atoms in total. The molecule has 0 aromatic heterocycles. The minimum absolute atomic E-state index is 0.586. The van der Waals surface area contributed by atoms with Gasteiger partial charge < -0.3 is 5.32 Å². The van der Waals surface area contributed by atoms with Crippen LogP contribution in [0.4, 0.5) is 0 Å². The molecule has 104 valence electrons. The van der Waals surface area contributed by atoms with Crippen LogP contribution >= 0.6 is 0 Å². The summed E-state index contributed by atoms with van der Waals surface area (Å²) in [7, 11) is 0. The van der Waals surface area contributed by atoms with Crippen LogP contribution in [0.25, 0.3) is 0 Å². The summed E-state index contributed by atoms with van der Waals surface area (Å²) in [6.45, 7) is 1.13. The van der Waals surface area contributed by atoms with Gasteiger partial charge in [0.2, 0.25) is 0 Å². The van der Waals surface area contributed by atoms with Crippen molar-refractivity contribution in [3.63, 3.8) is 0 Å². The van der Waals surface area contributed by atoms with Crippen molar-refractivity contribution in [1.82, 2.24) is 5.32 Å². The zero-order valence-corrected chi connectivity index (χ0v) is 12.0. The normalized spacial score (nSPS) is 17.1. The molecule has 0 saturated heterocycles. The first-order chi connectivity index (χ1) is 9.93. The Hall–Kier alpha value is -1.60. The van der Waals surface area contributed by atoms with Gasteiger partial charge in [0.05, 0.1) is 0 Å². The Labute approximate surface area is 122 Å². The molecule has 20 heavy (non-hydrogen) atoms. The predicted molar refractivity (Wildman–Crippen MR) is 84.9 cm³/mol. The standard InChI is InChI=1S/C19H23N/c1-2-8-16(9-3-1)10-6-7-15-20-19-14-13-17-11-4-5-12-18(17)19/h1-5,8-9,11-12,19-20H,6-7,10,13-15H2. The molecule has 2 aromatic rings. The van der Waals surface area contributed by atoms with Crippen molar-refractivity contribution in [3.8, 4) is 0 Å². The van der Waals surface area contributed by atoms with Gasteiger partial charge in [-0.25, -0.2) is 0 Å². The number of unbranched alkanes of at least 4 members (excludes halogenated alkanes) is 1. The SMILES string of the molecule is c1ccc(CCCCNC2CCc3ccccc32)cc1. The Morgan fingerprint density at radius 2 is 1.70 bits per heavy atom. The van der Waals surface area contributed by atoms with Gasteiger partial charge in [0, 0.05) is 6.04 Å². The smallest absolute Gasteiger partial charge is 0.0326 e. The van der Waals surface area contributed by atoms with Crippen molar-refractivity contribution in [2.45, 2.75) is 38.1 Å². The number of hydrogen-bond acceptors (Lipinski definition) is 1. The molecule has 1 aliphatic carbocycles. The minimum atomic E-state index is 0.586. The fourth-order valence-corrected chi connectivity index (χ4v) is 3.14. The fraction of sp³-hybridized carbons (Fsp3) is 0.368. The second kappa shape index (κ2) is 6.71.